The fraction of sp³-hybridized carbons (Fsp3) is 0.0926. The third-order valence-electron chi connectivity index (χ3n) is 13.5. The number of benzene rings is 6. The molecule has 0 fully saturated rings. The molecule has 9 aromatic rings. The monoisotopic (exact) mass is 742 g/mol. The van der Waals surface area contributed by atoms with Crippen molar-refractivity contribution in [2.45, 2.75) is 24.7 Å². The van der Waals surface area contributed by atoms with Crippen LogP contribution >= 0.6 is 0 Å². The number of rotatable bonds is 3. The van der Waals surface area contributed by atoms with Gasteiger partial charge in [-0.25, -0.2) is 4.98 Å². The lowest BCUT2D eigenvalue weighted by Crippen LogP contribution is -2.28. The Labute approximate surface area is 336 Å². The van der Waals surface area contributed by atoms with Gasteiger partial charge in [0, 0.05) is 63.7 Å². The highest BCUT2D eigenvalue weighted by Crippen LogP contribution is 2.65. The van der Waals surface area contributed by atoms with Gasteiger partial charge in [-0.3, -0.25) is 4.57 Å². The molecule has 1 N–H and O–H groups in total. The van der Waals surface area contributed by atoms with Crippen molar-refractivity contribution in [3.63, 3.8) is 0 Å². The molecule has 1 aliphatic heterocycles. The molecule has 274 valence electrons. The van der Waals surface area contributed by atoms with Crippen molar-refractivity contribution in [1.29, 1.82) is 0 Å². The zero-order chi connectivity index (χ0) is 38.1. The Bertz CT molecular complexity index is 3270. The van der Waals surface area contributed by atoms with Crippen molar-refractivity contribution in [2.24, 2.45) is 0 Å². The number of dihydropyridines is 1. The average molecular weight is 743 g/mol. The Balaban J connectivity index is 0.968. The van der Waals surface area contributed by atoms with Gasteiger partial charge < -0.3 is 9.88 Å². The summed E-state index contributed by atoms with van der Waals surface area (Å²) in [4.78, 5) is 4.85. The largest absolute Gasteiger partial charge is 0.387 e. The van der Waals surface area contributed by atoms with Gasteiger partial charge in [-0.15, -0.1) is 0 Å². The van der Waals surface area contributed by atoms with Crippen LogP contribution in [0.5, 0.6) is 0 Å². The van der Waals surface area contributed by atoms with Crippen LogP contribution in [0, 0.1) is 0 Å². The van der Waals surface area contributed by atoms with E-state index in [9.17, 15) is 0 Å². The summed E-state index contributed by atoms with van der Waals surface area (Å²) in [6, 6.07) is 54.3. The first-order chi connectivity index (χ1) is 28.7. The van der Waals surface area contributed by atoms with Gasteiger partial charge in [0.25, 0.3) is 0 Å². The van der Waals surface area contributed by atoms with E-state index in [0.717, 1.165) is 30.0 Å². The van der Waals surface area contributed by atoms with Gasteiger partial charge in [-0.1, -0.05) is 122 Å². The van der Waals surface area contributed by atoms with Gasteiger partial charge >= 0.3 is 0 Å². The molecule has 13 rings (SSSR count). The number of para-hydroxylation sites is 1. The lowest BCUT2D eigenvalue weighted by Gasteiger charge is -2.32. The zero-order valence-electron chi connectivity index (χ0n) is 32.1. The minimum Gasteiger partial charge on any atom is -0.387 e. The van der Waals surface area contributed by atoms with Gasteiger partial charge in [0.2, 0.25) is 0 Å². The van der Waals surface area contributed by atoms with E-state index in [-0.39, 0.29) is 0 Å². The van der Waals surface area contributed by atoms with Gasteiger partial charge in [0.1, 0.15) is 5.65 Å². The number of hydrogen-bond acceptors (Lipinski definition) is 2. The van der Waals surface area contributed by atoms with Crippen molar-refractivity contribution in [2.75, 3.05) is 6.54 Å². The number of pyridine rings is 1. The van der Waals surface area contributed by atoms with E-state index in [0.29, 0.717) is 5.92 Å². The zero-order valence-corrected chi connectivity index (χ0v) is 32.1. The Morgan fingerprint density at radius 1 is 0.638 bits per heavy atom. The van der Waals surface area contributed by atoms with Crippen molar-refractivity contribution in [3.05, 3.63) is 209 Å². The van der Waals surface area contributed by atoms with E-state index in [4.69, 9.17) is 4.98 Å². The predicted octanol–water partition coefficient (Wildman–Crippen LogP) is 12.5. The van der Waals surface area contributed by atoms with Crippen LogP contribution < -0.4 is 5.32 Å². The Kier molecular flexibility index (Phi) is 6.44. The normalized spacial score (nSPS) is 16.8. The number of nitrogens with zero attached hydrogens (tertiary/aromatic N) is 3. The highest BCUT2D eigenvalue weighted by molar-refractivity contribution is 6.17. The van der Waals surface area contributed by atoms with Crippen LogP contribution in [0.3, 0.4) is 0 Å². The van der Waals surface area contributed by atoms with Gasteiger partial charge in [0.15, 0.2) is 0 Å². The maximum Gasteiger partial charge on any atom is 0.145 e. The first-order valence-electron chi connectivity index (χ1n) is 20.5. The molecular formula is C54H38N4. The molecule has 1 spiro atoms. The maximum absolute atomic E-state index is 4.85. The van der Waals surface area contributed by atoms with Gasteiger partial charge in [-0.2, -0.15) is 0 Å². The smallest absolute Gasteiger partial charge is 0.145 e. The third kappa shape index (κ3) is 4.01. The lowest BCUT2D eigenvalue weighted by atomic mass is 9.69. The molecule has 1 unspecified atom stereocenters. The fourth-order valence-corrected chi connectivity index (χ4v) is 11.1. The highest BCUT2D eigenvalue weighted by atomic mass is 15.1. The minimum absolute atomic E-state index is 0.425. The van der Waals surface area contributed by atoms with E-state index in [1.807, 2.05) is 12.3 Å². The van der Waals surface area contributed by atoms with Crippen LogP contribution in [-0.2, 0) is 5.41 Å². The molecule has 4 heteroatoms. The molecular weight excluding hydrogens is 705 g/mol. The summed E-state index contributed by atoms with van der Waals surface area (Å²) < 4.78 is 4.85. The van der Waals surface area contributed by atoms with Crippen molar-refractivity contribution in [3.8, 4) is 33.6 Å². The molecule has 1 atom stereocenters. The van der Waals surface area contributed by atoms with Crippen LogP contribution in [0.2, 0.25) is 0 Å². The Morgan fingerprint density at radius 3 is 2.07 bits per heavy atom. The fourth-order valence-electron chi connectivity index (χ4n) is 11.1. The SMILES string of the molecule is CC1CC=Cc2c1n(-c1ccc(-c3ccc(-n4c5ccccc5c5c6c(ccc54)C4=CCNC=C4C64c5ccccc5-c5ccccc54)cc3)cc1)c1ncccc21. The molecule has 58 heavy (non-hydrogen) atoms. The number of hydrogen-bond donors (Lipinski definition) is 1. The van der Waals surface area contributed by atoms with Crippen LogP contribution in [-0.4, -0.2) is 20.7 Å². The predicted molar refractivity (Wildman–Crippen MR) is 239 cm³/mol. The Morgan fingerprint density at radius 2 is 1.31 bits per heavy atom. The molecule has 0 amide bonds. The van der Waals surface area contributed by atoms with E-state index in [1.165, 1.54) is 94.1 Å². The second kappa shape index (κ2) is 11.7. The molecule has 0 saturated heterocycles. The summed E-state index contributed by atoms with van der Waals surface area (Å²) in [5.74, 6) is 0.425. The standard InChI is InChI=1S/C54H38N4/c1-33-10-8-14-42-43-15-9-30-56-53(43)58(52(33)42)37-25-21-35(22-26-37)34-19-23-36(24-20-34)57-48-18-7-4-13-44(48)50-49(57)28-27-41-40-29-31-55-32-47(40)54(51(41)50)45-16-5-2-11-38(45)39-12-3-6-17-46(39)54/h2-9,11-30,32-33,55H,10,31H2,1H3. The summed E-state index contributed by atoms with van der Waals surface area (Å²) in [7, 11) is 0. The van der Waals surface area contributed by atoms with Gasteiger partial charge in [0.05, 0.1) is 16.4 Å². The summed E-state index contributed by atoms with van der Waals surface area (Å²) in [5, 5.41) is 7.44. The van der Waals surface area contributed by atoms with Crippen LogP contribution in [0.15, 0.2) is 176 Å². The molecule has 0 radical (unpaired) electrons. The van der Waals surface area contributed by atoms with E-state index in [1.54, 1.807) is 0 Å². The minimum atomic E-state index is -0.427. The van der Waals surface area contributed by atoms with Crippen molar-refractivity contribution >= 4 is 44.5 Å². The number of fused-ring (bicyclic) bond motifs is 17. The third-order valence-corrected chi connectivity index (χ3v) is 13.5. The number of aromatic nitrogens is 3. The molecule has 4 aliphatic rings. The summed E-state index contributed by atoms with van der Waals surface area (Å²) in [6.07, 6.45) is 12.2. The van der Waals surface area contributed by atoms with Crippen LogP contribution in [0.25, 0.3) is 78.1 Å². The van der Waals surface area contributed by atoms with E-state index in [2.05, 4.69) is 185 Å². The maximum atomic E-state index is 4.85. The first-order valence-corrected chi connectivity index (χ1v) is 20.5. The van der Waals surface area contributed by atoms with E-state index < -0.39 is 5.41 Å². The van der Waals surface area contributed by atoms with Crippen LogP contribution in [0.1, 0.15) is 52.8 Å². The van der Waals surface area contributed by atoms with Crippen molar-refractivity contribution < 1.29 is 0 Å². The topological polar surface area (TPSA) is 34.8 Å². The van der Waals surface area contributed by atoms with Gasteiger partial charge in [-0.05, 0) is 111 Å². The highest BCUT2D eigenvalue weighted by Gasteiger charge is 2.55. The molecule has 0 saturated carbocycles. The second-order valence-electron chi connectivity index (χ2n) is 16.3. The number of allylic oxidation sites excluding steroid dienone is 3. The quantitative estimate of drug-likeness (QED) is 0.196. The molecule has 0 bridgehead atoms. The van der Waals surface area contributed by atoms with Crippen molar-refractivity contribution in [1.82, 2.24) is 19.4 Å². The molecule has 4 nitrogen and oxygen atoms in total. The lowest BCUT2D eigenvalue weighted by molar-refractivity contribution is 0.722. The molecule has 6 aromatic carbocycles. The number of nitrogens with one attached hydrogen (secondary N) is 1. The summed E-state index contributed by atoms with van der Waals surface area (Å²) in [6.45, 7) is 3.15. The molecule has 3 aromatic heterocycles. The van der Waals surface area contributed by atoms with Crippen LogP contribution in [0.4, 0.5) is 0 Å². The van der Waals surface area contributed by atoms with E-state index >= 15 is 0 Å². The Hall–Kier alpha value is -7.17. The summed E-state index contributed by atoms with van der Waals surface area (Å²) >= 11 is 0. The second-order valence-corrected chi connectivity index (χ2v) is 16.3. The molecule has 3 aliphatic carbocycles. The summed E-state index contributed by atoms with van der Waals surface area (Å²) in [5.41, 5.74) is 21.2. The average Bonchev–Trinajstić information content (AvgIpc) is 3.99. The molecule has 4 heterocycles. The first kappa shape index (κ1) is 32.0.